The van der Waals surface area contributed by atoms with Crippen molar-refractivity contribution in [1.82, 2.24) is 14.3 Å². The molecule has 3 heterocycles. The van der Waals surface area contributed by atoms with E-state index in [4.69, 9.17) is 9.47 Å². The number of hydrogen-bond donors (Lipinski definition) is 0. The molecular formula is C22H22N4O4S. The van der Waals surface area contributed by atoms with Gasteiger partial charge in [-0.3, -0.25) is 14.0 Å². The summed E-state index contributed by atoms with van der Waals surface area (Å²) < 4.78 is 14.1. The first kappa shape index (κ1) is 20.8. The number of rotatable bonds is 4. The minimum Gasteiger partial charge on any atom is -0.497 e. The third-order valence-corrected chi connectivity index (χ3v) is 6.40. The number of thiazole rings is 1. The molecule has 1 aliphatic rings. The first-order valence-corrected chi connectivity index (χ1v) is 10.4. The zero-order valence-corrected chi connectivity index (χ0v) is 18.7. The Labute approximate surface area is 182 Å². The van der Waals surface area contributed by atoms with Crippen molar-refractivity contribution >= 4 is 23.4 Å². The van der Waals surface area contributed by atoms with Gasteiger partial charge in [0.2, 0.25) is 0 Å². The van der Waals surface area contributed by atoms with Crippen LogP contribution in [0.25, 0.3) is 6.08 Å². The average molecular weight is 439 g/mol. The van der Waals surface area contributed by atoms with Gasteiger partial charge < -0.3 is 9.47 Å². The van der Waals surface area contributed by atoms with Crippen LogP contribution in [0.5, 0.6) is 5.75 Å². The zero-order chi connectivity index (χ0) is 22.3. The molecule has 8 nitrogen and oxygen atoms in total. The summed E-state index contributed by atoms with van der Waals surface area (Å²) in [6.07, 6.45) is 3.54. The Bertz CT molecular complexity index is 1380. The maximum absolute atomic E-state index is 13.5. The molecule has 4 rings (SSSR count). The maximum Gasteiger partial charge on any atom is 0.338 e. The molecule has 1 atom stereocenters. The van der Waals surface area contributed by atoms with Crippen molar-refractivity contribution in [1.29, 1.82) is 0 Å². The van der Waals surface area contributed by atoms with Crippen molar-refractivity contribution in [3.05, 3.63) is 78.2 Å². The van der Waals surface area contributed by atoms with Gasteiger partial charge in [-0.2, -0.15) is 5.10 Å². The second-order valence-corrected chi connectivity index (χ2v) is 8.16. The van der Waals surface area contributed by atoms with Gasteiger partial charge in [-0.25, -0.2) is 9.79 Å². The number of esters is 1. The molecule has 9 heteroatoms. The zero-order valence-electron chi connectivity index (χ0n) is 17.9. The van der Waals surface area contributed by atoms with E-state index in [-0.39, 0.29) is 5.56 Å². The molecule has 0 saturated heterocycles. The first-order chi connectivity index (χ1) is 14.8. The molecule has 1 aromatic carbocycles. The minimum atomic E-state index is -0.647. The monoisotopic (exact) mass is 438 g/mol. The van der Waals surface area contributed by atoms with Crippen LogP contribution in [0, 0.1) is 6.92 Å². The number of hydrogen-bond acceptors (Lipinski definition) is 7. The van der Waals surface area contributed by atoms with Crippen molar-refractivity contribution in [3.63, 3.8) is 0 Å². The lowest BCUT2D eigenvalue weighted by atomic mass is 9.96. The molecular weight excluding hydrogens is 416 g/mol. The van der Waals surface area contributed by atoms with E-state index >= 15 is 0 Å². The van der Waals surface area contributed by atoms with Crippen LogP contribution in [0.3, 0.4) is 0 Å². The second-order valence-electron chi connectivity index (χ2n) is 7.16. The smallest absolute Gasteiger partial charge is 0.338 e. The van der Waals surface area contributed by atoms with E-state index in [1.807, 2.05) is 32.2 Å². The van der Waals surface area contributed by atoms with Crippen molar-refractivity contribution in [3.8, 4) is 5.75 Å². The van der Waals surface area contributed by atoms with Crippen LogP contribution in [-0.2, 0) is 16.6 Å². The lowest BCUT2D eigenvalue weighted by Crippen LogP contribution is -2.39. The highest BCUT2D eigenvalue weighted by atomic mass is 32.1. The van der Waals surface area contributed by atoms with Gasteiger partial charge in [0, 0.05) is 18.3 Å². The normalized spacial score (nSPS) is 16.2. The SMILES string of the molecule is COC(=O)C1=C(C)N=c2s/c(=C\c3cnn(C)c3C)c(=O)n2C1c1ccc(OC)cc1. The van der Waals surface area contributed by atoms with E-state index in [0.717, 1.165) is 16.8 Å². The fraction of sp³-hybridized carbons (Fsp3) is 0.273. The number of carbonyl (C=O) groups is 1. The molecule has 2 aromatic heterocycles. The summed E-state index contributed by atoms with van der Waals surface area (Å²) in [5, 5.41) is 4.24. The number of ether oxygens (including phenoxy) is 2. The third-order valence-electron chi connectivity index (χ3n) is 5.42. The van der Waals surface area contributed by atoms with Gasteiger partial charge in [0.25, 0.3) is 5.56 Å². The quantitative estimate of drug-likeness (QED) is 0.576. The summed E-state index contributed by atoms with van der Waals surface area (Å²) in [4.78, 5) is 31.2. The van der Waals surface area contributed by atoms with E-state index in [1.54, 1.807) is 41.6 Å². The predicted molar refractivity (Wildman–Crippen MR) is 117 cm³/mol. The first-order valence-electron chi connectivity index (χ1n) is 9.59. The molecule has 160 valence electrons. The van der Waals surface area contributed by atoms with Crippen LogP contribution in [0.4, 0.5) is 0 Å². The molecule has 1 aliphatic heterocycles. The Morgan fingerprint density at radius 3 is 2.48 bits per heavy atom. The van der Waals surface area contributed by atoms with Crippen LogP contribution in [0.15, 0.2) is 51.5 Å². The Kier molecular flexibility index (Phi) is 5.36. The Morgan fingerprint density at radius 2 is 1.90 bits per heavy atom. The standard InChI is InChI=1S/C22H22N4O4S/c1-12-18(21(28)30-5)19(14-6-8-16(29-4)9-7-14)26-20(27)17(31-22(26)24-12)10-15-11-23-25(3)13(15)2/h6-11,19H,1-5H3/b17-10-. The molecule has 3 aromatic rings. The molecule has 1 unspecified atom stereocenters. The molecule has 0 spiro atoms. The number of aryl methyl sites for hydroxylation is 1. The molecule has 0 saturated carbocycles. The topological polar surface area (TPSA) is 87.7 Å². The van der Waals surface area contributed by atoms with Gasteiger partial charge in [0.15, 0.2) is 4.80 Å². The Balaban J connectivity index is 1.97. The molecule has 31 heavy (non-hydrogen) atoms. The molecule has 0 N–H and O–H groups in total. The summed E-state index contributed by atoms with van der Waals surface area (Å²) in [6, 6.07) is 6.64. The molecule has 0 aliphatic carbocycles. The summed E-state index contributed by atoms with van der Waals surface area (Å²) in [5.41, 5.74) is 3.21. The number of allylic oxidation sites excluding steroid dienone is 1. The van der Waals surface area contributed by atoms with Gasteiger partial charge >= 0.3 is 5.97 Å². The highest BCUT2D eigenvalue weighted by Gasteiger charge is 2.33. The summed E-state index contributed by atoms with van der Waals surface area (Å²) >= 11 is 1.29. The maximum atomic E-state index is 13.5. The number of fused-ring (bicyclic) bond motifs is 1. The summed E-state index contributed by atoms with van der Waals surface area (Å²) in [7, 11) is 4.76. The second kappa shape index (κ2) is 7.99. The third kappa shape index (κ3) is 3.50. The van der Waals surface area contributed by atoms with Crippen molar-refractivity contribution in [2.45, 2.75) is 19.9 Å². The van der Waals surface area contributed by atoms with Crippen LogP contribution in [0.2, 0.25) is 0 Å². The van der Waals surface area contributed by atoms with Gasteiger partial charge in [0.05, 0.1) is 42.3 Å². The molecule has 0 fully saturated rings. The Morgan fingerprint density at radius 1 is 1.19 bits per heavy atom. The van der Waals surface area contributed by atoms with Crippen molar-refractivity contribution < 1.29 is 14.3 Å². The number of methoxy groups -OCH3 is 2. The van der Waals surface area contributed by atoms with Crippen molar-refractivity contribution in [2.75, 3.05) is 14.2 Å². The van der Waals surface area contributed by atoms with Crippen molar-refractivity contribution in [2.24, 2.45) is 12.0 Å². The number of carbonyl (C=O) groups excluding carboxylic acids is 1. The fourth-order valence-corrected chi connectivity index (χ4v) is 4.63. The largest absolute Gasteiger partial charge is 0.497 e. The van der Waals surface area contributed by atoms with Gasteiger partial charge in [-0.1, -0.05) is 23.5 Å². The van der Waals surface area contributed by atoms with E-state index < -0.39 is 12.0 Å². The highest BCUT2D eigenvalue weighted by Crippen LogP contribution is 2.31. The fourth-order valence-electron chi connectivity index (χ4n) is 3.59. The predicted octanol–water partition coefficient (Wildman–Crippen LogP) is 1.46. The van der Waals surface area contributed by atoms with E-state index in [1.165, 1.54) is 18.4 Å². The van der Waals surface area contributed by atoms with E-state index in [2.05, 4.69) is 10.1 Å². The van der Waals surface area contributed by atoms with Gasteiger partial charge in [-0.05, 0) is 37.6 Å². The van der Waals surface area contributed by atoms with E-state index in [9.17, 15) is 9.59 Å². The average Bonchev–Trinajstić information content (AvgIpc) is 3.25. The number of aromatic nitrogens is 3. The van der Waals surface area contributed by atoms with E-state index in [0.29, 0.717) is 26.4 Å². The molecule has 0 radical (unpaired) electrons. The molecule has 0 amide bonds. The number of benzene rings is 1. The van der Waals surface area contributed by atoms with Gasteiger partial charge in [-0.15, -0.1) is 0 Å². The lowest BCUT2D eigenvalue weighted by Gasteiger charge is -2.24. The van der Waals surface area contributed by atoms with Crippen LogP contribution in [0.1, 0.15) is 29.8 Å². The van der Waals surface area contributed by atoms with Crippen LogP contribution in [-0.4, -0.2) is 34.5 Å². The summed E-state index contributed by atoms with van der Waals surface area (Å²) in [6.45, 7) is 3.70. The minimum absolute atomic E-state index is 0.221. The van der Waals surface area contributed by atoms with Crippen LogP contribution < -0.4 is 19.6 Å². The van der Waals surface area contributed by atoms with Gasteiger partial charge in [0.1, 0.15) is 5.75 Å². The Hall–Kier alpha value is -3.46. The molecule has 0 bridgehead atoms. The lowest BCUT2D eigenvalue weighted by molar-refractivity contribution is -0.136. The van der Waals surface area contributed by atoms with Crippen LogP contribution >= 0.6 is 11.3 Å². The summed E-state index contributed by atoms with van der Waals surface area (Å²) in [5.74, 6) is 0.169. The highest BCUT2D eigenvalue weighted by molar-refractivity contribution is 7.07. The number of nitrogens with zero attached hydrogens (tertiary/aromatic N) is 4.